The van der Waals surface area contributed by atoms with Crippen molar-refractivity contribution in [3.05, 3.63) is 24.3 Å². The Bertz CT molecular complexity index is 620. The second-order valence-corrected chi connectivity index (χ2v) is 5.38. The van der Waals surface area contributed by atoms with E-state index in [1.165, 1.54) is 43.9 Å². The van der Waals surface area contributed by atoms with Gasteiger partial charge in [-0.1, -0.05) is 51.6 Å². The molecule has 2 aromatic carbocycles. The van der Waals surface area contributed by atoms with Crippen molar-refractivity contribution in [2.75, 3.05) is 0 Å². The summed E-state index contributed by atoms with van der Waals surface area (Å²) in [6.45, 7) is 0. The molecule has 0 fully saturated rings. The zero-order valence-electron chi connectivity index (χ0n) is 12.3. The summed E-state index contributed by atoms with van der Waals surface area (Å²) >= 11 is 0. The van der Waals surface area contributed by atoms with Crippen LogP contribution in [0.25, 0.3) is 11.1 Å². The minimum Gasteiger partial charge on any atom is -0.101 e. The summed E-state index contributed by atoms with van der Waals surface area (Å²) in [5.74, 6) is 0. The summed E-state index contributed by atoms with van der Waals surface area (Å²) < 4.78 is 0. The summed E-state index contributed by atoms with van der Waals surface area (Å²) in [4.78, 5) is 0. The Morgan fingerprint density at radius 1 is 0.611 bits per heavy atom. The lowest BCUT2D eigenvalue weighted by Crippen LogP contribution is -2.45. The lowest BCUT2D eigenvalue weighted by atomic mass is 9.64. The molecule has 0 saturated carbocycles. The van der Waals surface area contributed by atoms with E-state index in [0.29, 0.717) is 0 Å². The molecule has 0 radical (unpaired) electrons. The van der Waals surface area contributed by atoms with Crippen molar-refractivity contribution in [2.45, 2.75) is 0 Å². The molecular weight excluding hydrogens is 209 g/mol. The summed E-state index contributed by atoms with van der Waals surface area (Å²) in [5.41, 5.74) is 11.2. The first-order valence-corrected chi connectivity index (χ1v) is 6.57. The smallest absolute Gasteiger partial charge is 0.101 e. The van der Waals surface area contributed by atoms with Gasteiger partial charge in [-0.05, 0) is 11.1 Å². The van der Waals surface area contributed by atoms with Gasteiger partial charge in [-0.2, -0.15) is 0 Å². The second kappa shape index (κ2) is 4.84. The maximum atomic E-state index is 2.30. The van der Waals surface area contributed by atoms with Crippen LogP contribution in [0.4, 0.5) is 0 Å². The Hall–Kier alpha value is -1.17. The molecule has 18 heavy (non-hydrogen) atoms. The highest BCUT2D eigenvalue weighted by Crippen LogP contribution is 2.09. The third-order valence-corrected chi connectivity index (χ3v) is 4.23. The Morgan fingerprint density at radius 2 is 1.28 bits per heavy atom. The van der Waals surface area contributed by atoms with Crippen LogP contribution in [0.1, 0.15) is 0 Å². The molecule has 0 atom stereocenters. The van der Waals surface area contributed by atoms with Crippen molar-refractivity contribution in [3.8, 4) is 11.1 Å². The molecule has 2 aromatic rings. The predicted octanol–water partition coefficient (Wildman–Crippen LogP) is -7.10. The quantitative estimate of drug-likeness (QED) is 0.423. The van der Waals surface area contributed by atoms with E-state index >= 15 is 0 Å². The monoisotopic (exact) mass is 226 g/mol. The predicted molar refractivity (Wildman–Crippen MR) is 101 cm³/mol. The Morgan fingerprint density at radius 3 is 1.94 bits per heavy atom. The summed E-state index contributed by atoms with van der Waals surface area (Å²) in [5, 5.41) is 0. The molecule has 0 nitrogen and oxygen atoms in total. The first kappa shape index (κ1) is 13.3. The molecular formula is C12H16B6. The van der Waals surface area contributed by atoms with Crippen molar-refractivity contribution < 1.29 is 0 Å². The van der Waals surface area contributed by atoms with Crippen LogP contribution < -0.4 is 32.8 Å². The van der Waals surface area contributed by atoms with Crippen LogP contribution in [0.3, 0.4) is 0 Å². The first-order valence-electron chi connectivity index (χ1n) is 6.57. The van der Waals surface area contributed by atoms with E-state index in [9.17, 15) is 0 Å². The number of rotatable bonds is 1. The number of hydrogen-bond donors (Lipinski definition) is 0. The fraction of sp³-hybridized carbons (Fsp3) is 0. The normalized spacial score (nSPS) is 10.4. The maximum Gasteiger partial charge on any atom is 0.140 e. The fourth-order valence-electron chi connectivity index (χ4n) is 2.72. The third-order valence-electron chi connectivity index (χ3n) is 4.23. The van der Waals surface area contributed by atoms with Gasteiger partial charge >= 0.3 is 0 Å². The molecule has 0 heterocycles. The molecule has 0 unspecified atom stereocenters. The SMILES string of the molecule is Bc1cccc(-c2c(B)cc(B)c(B)c2B)c1B. The van der Waals surface area contributed by atoms with Gasteiger partial charge in [-0.15, -0.1) is 5.46 Å². The molecule has 0 bridgehead atoms. The molecule has 82 valence electrons. The van der Waals surface area contributed by atoms with Crippen molar-refractivity contribution >= 4 is 79.9 Å². The fourth-order valence-corrected chi connectivity index (χ4v) is 2.72. The maximum absolute atomic E-state index is 2.30. The number of hydrogen-bond acceptors (Lipinski definition) is 0. The van der Waals surface area contributed by atoms with E-state index in [2.05, 4.69) is 71.3 Å². The third kappa shape index (κ3) is 2.09. The van der Waals surface area contributed by atoms with Crippen LogP contribution in [-0.4, -0.2) is 47.1 Å². The summed E-state index contributed by atoms with van der Waals surface area (Å²) in [7, 11) is 13.3. The minimum atomic E-state index is 1.37. The highest BCUT2D eigenvalue weighted by atomic mass is 14.1. The van der Waals surface area contributed by atoms with Crippen molar-refractivity contribution in [3.63, 3.8) is 0 Å². The summed E-state index contributed by atoms with van der Waals surface area (Å²) in [6, 6.07) is 8.89. The minimum absolute atomic E-state index is 1.37. The van der Waals surface area contributed by atoms with Crippen LogP contribution in [0, 0.1) is 0 Å². The van der Waals surface area contributed by atoms with Crippen molar-refractivity contribution in [1.29, 1.82) is 0 Å². The molecule has 0 aromatic heterocycles. The van der Waals surface area contributed by atoms with E-state index in [-0.39, 0.29) is 0 Å². The Balaban J connectivity index is 2.80. The first-order chi connectivity index (χ1) is 8.43. The van der Waals surface area contributed by atoms with Crippen LogP contribution >= 0.6 is 0 Å². The zero-order chi connectivity index (χ0) is 13.4. The molecule has 6 heteroatoms. The average Bonchev–Trinajstić information content (AvgIpc) is 2.32. The van der Waals surface area contributed by atoms with Gasteiger partial charge in [-0.3, -0.25) is 0 Å². The number of benzene rings is 2. The molecule has 0 aliphatic rings. The van der Waals surface area contributed by atoms with Gasteiger partial charge in [0.15, 0.2) is 0 Å². The van der Waals surface area contributed by atoms with Gasteiger partial charge in [0.1, 0.15) is 47.1 Å². The highest BCUT2D eigenvalue weighted by Gasteiger charge is 2.11. The van der Waals surface area contributed by atoms with Crippen LogP contribution in [0.5, 0.6) is 0 Å². The Kier molecular flexibility index (Phi) is 3.56. The van der Waals surface area contributed by atoms with Gasteiger partial charge in [-0.25, -0.2) is 0 Å². The van der Waals surface area contributed by atoms with Gasteiger partial charge in [0, 0.05) is 0 Å². The van der Waals surface area contributed by atoms with Crippen molar-refractivity contribution in [2.24, 2.45) is 0 Å². The van der Waals surface area contributed by atoms with E-state index < -0.39 is 0 Å². The molecule has 0 saturated heterocycles. The lowest BCUT2D eigenvalue weighted by molar-refractivity contribution is 1.77. The van der Waals surface area contributed by atoms with Crippen molar-refractivity contribution in [1.82, 2.24) is 0 Å². The largest absolute Gasteiger partial charge is 0.140 e. The summed E-state index contributed by atoms with van der Waals surface area (Å²) in [6.07, 6.45) is 0. The van der Waals surface area contributed by atoms with Crippen LogP contribution in [0.2, 0.25) is 0 Å². The van der Waals surface area contributed by atoms with Gasteiger partial charge < -0.3 is 0 Å². The van der Waals surface area contributed by atoms with E-state index in [0.717, 1.165) is 0 Å². The molecule has 0 spiro atoms. The molecule has 0 amide bonds. The lowest BCUT2D eigenvalue weighted by Gasteiger charge is -2.19. The average molecular weight is 225 g/mol. The standard InChI is InChI=1S/C12H16B6/c13-6-3-1-2-5(10(6)16)9-7(14)4-8(15)11(17)12(9)18/h1-4H,13-18H2. The topological polar surface area (TPSA) is 0 Å². The molecule has 0 aliphatic heterocycles. The van der Waals surface area contributed by atoms with Crippen LogP contribution in [0.15, 0.2) is 24.3 Å². The van der Waals surface area contributed by atoms with Gasteiger partial charge in [0.05, 0.1) is 0 Å². The van der Waals surface area contributed by atoms with E-state index in [1.54, 1.807) is 0 Å². The Labute approximate surface area is 115 Å². The van der Waals surface area contributed by atoms with Crippen LogP contribution in [-0.2, 0) is 0 Å². The molecule has 0 aliphatic carbocycles. The molecule has 0 N–H and O–H groups in total. The zero-order valence-corrected chi connectivity index (χ0v) is 12.3. The van der Waals surface area contributed by atoms with Gasteiger partial charge in [0.2, 0.25) is 0 Å². The molecule has 2 rings (SSSR count). The van der Waals surface area contributed by atoms with E-state index in [1.807, 2.05) is 0 Å². The highest BCUT2D eigenvalue weighted by molar-refractivity contribution is 6.61. The van der Waals surface area contributed by atoms with E-state index in [4.69, 9.17) is 0 Å². The second-order valence-electron chi connectivity index (χ2n) is 5.38. The van der Waals surface area contributed by atoms with Gasteiger partial charge in [0.25, 0.3) is 0 Å².